The lowest BCUT2D eigenvalue weighted by Gasteiger charge is -2.12. The molecule has 0 amide bonds. The fraction of sp³-hybridized carbons (Fsp3) is 0.133. The van der Waals surface area contributed by atoms with Gasteiger partial charge in [-0.3, -0.25) is 9.59 Å². The Labute approximate surface area is 206 Å². The molecular weight excluding hydrogens is 452 g/mol. The summed E-state index contributed by atoms with van der Waals surface area (Å²) in [5.74, 6) is 1.32. The van der Waals surface area contributed by atoms with Crippen LogP contribution in [0.2, 0.25) is 0 Å². The summed E-state index contributed by atoms with van der Waals surface area (Å²) in [6, 6.07) is 26.1. The first kappa shape index (κ1) is 21.9. The van der Waals surface area contributed by atoms with Crippen molar-refractivity contribution in [1.82, 2.24) is 9.97 Å². The van der Waals surface area contributed by atoms with Crippen molar-refractivity contribution in [2.45, 2.75) is 12.8 Å². The number of fused-ring (bicyclic) bond motifs is 4. The highest BCUT2D eigenvalue weighted by Gasteiger charge is 2.11. The molecular formula is C30H24N2O4. The fourth-order valence-corrected chi connectivity index (χ4v) is 4.65. The van der Waals surface area contributed by atoms with Gasteiger partial charge in [0.05, 0.1) is 24.2 Å². The molecule has 0 saturated carbocycles. The Kier molecular flexibility index (Phi) is 5.62. The molecule has 6 heteroatoms. The van der Waals surface area contributed by atoms with E-state index >= 15 is 0 Å². The van der Waals surface area contributed by atoms with Crippen LogP contribution in [0.25, 0.3) is 43.6 Å². The molecule has 2 heterocycles. The molecule has 0 aliphatic carbocycles. The van der Waals surface area contributed by atoms with Gasteiger partial charge in [0, 0.05) is 32.6 Å². The summed E-state index contributed by atoms with van der Waals surface area (Å²) in [7, 11) is 0. The molecule has 2 N–H and O–H groups in total. The maximum atomic E-state index is 12.9. The van der Waals surface area contributed by atoms with Crippen LogP contribution >= 0.6 is 0 Å². The topological polar surface area (TPSA) is 84.2 Å². The van der Waals surface area contributed by atoms with Gasteiger partial charge in [-0.2, -0.15) is 0 Å². The Morgan fingerprint density at radius 2 is 0.917 bits per heavy atom. The number of H-pyrrole nitrogens is 2. The second kappa shape index (κ2) is 9.23. The molecule has 0 radical (unpaired) electrons. The Morgan fingerprint density at radius 3 is 1.39 bits per heavy atom. The Morgan fingerprint density at radius 1 is 0.500 bits per heavy atom. The second-order valence-electron chi connectivity index (χ2n) is 8.76. The van der Waals surface area contributed by atoms with Crippen molar-refractivity contribution in [3.8, 4) is 11.5 Å². The van der Waals surface area contributed by atoms with Crippen LogP contribution in [0.15, 0.2) is 94.5 Å². The maximum Gasteiger partial charge on any atom is 0.197 e. The van der Waals surface area contributed by atoms with Crippen LogP contribution in [0, 0.1) is 0 Å². The number of unbranched alkanes of at least 4 members (excludes halogenated alkanes) is 1. The van der Waals surface area contributed by atoms with E-state index in [1.54, 1.807) is 0 Å². The molecule has 0 unspecified atom stereocenters. The van der Waals surface area contributed by atoms with Gasteiger partial charge < -0.3 is 19.4 Å². The summed E-state index contributed by atoms with van der Waals surface area (Å²) in [4.78, 5) is 32.4. The lowest BCUT2D eigenvalue weighted by Crippen LogP contribution is -2.07. The number of ether oxygens (including phenoxy) is 2. The zero-order valence-corrected chi connectivity index (χ0v) is 19.5. The normalized spacial score (nSPS) is 11.4. The van der Waals surface area contributed by atoms with Gasteiger partial charge in [-0.1, -0.05) is 36.4 Å². The lowest BCUT2D eigenvalue weighted by atomic mass is 10.1. The predicted molar refractivity (Wildman–Crippen MR) is 144 cm³/mol. The van der Waals surface area contributed by atoms with E-state index < -0.39 is 0 Å². The highest BCUT2D eigenvalue weighted by atomic mass is 16.5. The highest BCUT2D eigenvalue weighted by molar-refractivity contribution is 5.96. The Bertz CT molecular complexity index is 1720. The molecule has 0 saturated heterocycles. The zero-order chi connectivity index (χ0) is 24.5. The van der Waals surface area contributed by atoms with Crippen molar-refractivity contribution in [1.29, 1.82) is 0 Å². The molecule has 0 atom stereocenters. The quantitative estimate of drug-likeness (QED) is 0.221. The van der Waals surface area contributed by atoms with E-state index in [0.717, 1.165) is 23.9 Å². The van der Waals surface area contributed by atoms with Gasteiger partial charge in [0.2, 0.25) is 0 Å². The van der Waals surface area contributed by atoms with Gasteiger partial charge in [-0.25, -0.2) is 0 Å². The molecule has 178 valence electrons. The van der Waals surface area contributed by atoms with Crippen molar-refractivity contribution in [3.05, 3.63) is 105 Å². The first-order chi connectivity index (χ1) is 17.7. The SMILES string of the molecule is O=c1c2ccccc2[nH]c2c(OCCCCOc3cccc4c(=O)c5ccccc5[nH]c34)cccc12. The van der Waals surface area contributed by atoms with Crippen LogP contribution < -0.4 is 20.3 Å². The van der Waals surface area contributed by atoms with Crippen molar-refractivity contribution >= 4 is 43.6 Å². The summed E-state index contributed by atoms with van der Waals surface area (Å²) in [6.45, 7) is 0.989. The van der Waals surface area contributed by atoms with Crippen LogP contribution in [-0.4, -0.2) is 23.2 Å². The number of nitrogens with one attached hydrogen (secondary N) is 2. The first-order valence-corrected chi connectivity index (χ1v) is 12.0. The van der Waals surface area contributed by atoms with Gasteiger partial charge in [0.1, 0.15) is 11.5 Å². The number of rotatable bonds is 7. The van der Waals surface area contributed by atoms with E-state index in [1.165, 1.54) is 0 Å². The number of hydrogen-bond donors (Lipinski definition) is 2. The molecule has 6 rings (SSSR count). The Hall–Kier alpha value is -4.58. The molecule has 0 fully saturated rings. The van der Waals surface area contributed by atoms with Crippen LogP contribution in [-0.2, 0) is 0 Å². The molecule has 4 aromatic carbocycles. The molecule has 2 aromatic heterocycles. The summed E-state index contributed by atoms with van der Waals surface area (Å²) in [6.07, 6.45) is 1.55. The molecule has 0 bridgehead atoms. The number of aromatic nitrogens is 2. The van der Waals surface area contributed by atoms with Gasteiger partial charge in [0.15, 0.2) is 10.9 Å². The van der Waals surface area contributed by atoms with Gasteiger partial charge in [-0.15, -0.1) is 0 Å². The minimum Gasteiger partial charge on any atom is -0.491 e. The van der Waals surface area contributed by atoms with Crippen molar-refractivity contribution in [2.24, 2.45) is 0 Å². The van der Waals surface area contributed by atoms with Crippen LogP contribution in [0.5, 0.6) is 11.5 Å². The third-order valence-electron chi connectivity index (χ3n) is 6.46. The predicted octanol–water partition coefficient (Wildman–Crippen LogP) is 5.91. The first-order valence-electron chi connectivity index (χ1n) is 12.0. The monoisotopic (exact) mass is 476 g/mol. The maximum absolute atomic E-state index is 12.9. The van der Waals surface area contributed by atoms with E-state index in [9.17, 15) is 9.59 Å². The van der Waals surface area contributed by atoms with E-state index in [4.69, 9.17) is 9.47 Å². The van der Waals surface area contributed by atoms with Crippen molar-refractivity contribution in [2.75, 3.05) is 13.2 Å². The van der Waals surface area contributed by atoms with E-state index in [1.807, 2.05) is 84.9 Å². The molecule has 0 aliphatic rings. The van der Waals surface area contributed by atoms with Crippen LogP contribution in [0.4, 0.5) is 0 Å². The average molecular weight is 477 g/mol. The smallest absolute Gasteiger partial charge is 0.197 e. The molecule has 0 aliphatic heterocycles. The third kappa shape index (κ3) is 3.86. The summed E-state index contributed by atoms with van der Waals surface area (Å²) in [5.41, 5.74) is 3.01. The molecule has 6 aromatic rings. The fourth-order valence-electron chi connectivity index (χ4n) is 4.65. The van der Waals surface area contributed by atoms with Gasteiger partial charge >= 0.3 is 0 Å². The second-order valence-corrected chi connectivity index (χ2v) is 8.76. The van der Waals surface area contributed by atoms with E-state index in [0.29, 0.717) is 57.3 Å². The lowest BCUT2D eigenvalue weighted by molar-refractivity contribution is 0.269. The average Bonchev–Trinajstić information content (AvgIpc) is 2.91. The van der Waals surface area contributed by atoms with E-state index in [-0.39, 0.29) is 10.9 Å². The number of hydrogen-bond acceptors (Lipinski definition) is 4. The van der Waals surface area contributed by atoms with Crippen LogP contribution in [0.3, 0.4) is 0 Å². The third-order valence-corrected chi connectivity index (χ3v) is 6.46. The Balaban J connectivity index is 1.13. The molecule has 6 nitrogen and oxygen atoms in total. The summed E-state index contributed by atoms with van der Waals surface area (Å²) < 4.78 is 12.1. The summed E-state index contributed by atoms with van der Waals surface area (Å²) >= 11 is 0. The molecule has 0 spiro atoms. The molecule has 36 heavy (non-hydrogen) atoms. The van der Waals surface area contributed by atoms with Gasteiger partial charge in [0.25, 0.3) is 0 Å². The van der Waals surface area contributed by atoms with Crippen molar-refractivity contribution in [3.63, 3.8) is 0 Å². The van der Waals surface area contributed by atoms with Gasteiger partial charge in [-0.05, 0) is 61.4 Å². The van der Waals surface area contributed by atoms with Crippen LogP contribution in [0.1, 0.15) is 12.8 Å². The summed E-state index contributed by atoms with van der Waals surface area (Å²) in [5, 5.41) is 2.57. The standard InChI is InChI=1S/C30H24N2O4/c33-29-19-9-1-3-13-23(19)31-27-21(29)11-7-15-25(27)35-17-5-6-18-36-26-16-8-12-22-28(26)32-24-14-4-2-10-20(24)30(22)34/h1-4,7-16H,5-6,17-18H2,(H,31,33)(H,32,34). The minimum atomic E-state index is -0.000826. The van der Waals surface area contributed by atoms with Crippen molar-refractivity contribution < 1.29 is 9.47 Å². The highest BCUT2D eigenvalue weighted by Crippen LogP contribution is 2.26. The number of benzene rings is 4. The zero-order valence-electron chi connectivity index (χ0n) is 19.5. The van der Waals surface area contributed by atoms with E-state index in [2.05, 4.69) is 9.97 Å². The minimum absolute atomic E-state index is 0.000826. The number of pyridine rings is 2. The number of para-hydroxylation sites is 4. The number of aromatic amines is 2. The largest absolute Gasteiger partial charge is 0.491 e.